The molecule has 7 heteroatoms. The fourth-order valence-electron chi connectivity index (χ4n) is 2.30. The largest absolute Gasteiger partial charge is 0.323 e. The molecule has 3 aromatic rings. The molecule has 0 radical (unpaired) electrons. The van der Waals surface area contributed by atoms with Crippen molar-refractivity contribution in [3.8, 4) is 0 Å². The molecule has 118 valence electrons. The molecule has 1 aromatic heterocycles. The molecule has 0 fully saturated rings. The van der Waals surface area contributed by atoms with E-state index in [9.17, 15) is 9.59 Å². The molecule has 2 N–H and O–H groups in total. The van der Waals surface area contributed by atoms with Gasteiger partial charge in [-0.1, -0.05) is 29.0 Å². The zero-order valence-electron chi connectivity index (χ0n) is 12.3. The molecular formula is C16H14ClN3O2S. The molecule has 0 aliphatic rings. The topological polar surface area (TPSA) is 63.1 Å². The maximum absolute atomic E-state index is 12.0. The first-order valence-corrected chi connectivity index (χ1v) is 8.23. The third-order valence-corrected chi connectivity index (χ3v) is 4.50. The number of rotatable bonds is 3. The second kappa shape index (κ2) is 6.44. The number of halogens is 1. The van der Waals surface area contributed by atoms with Crippen LogP contribution in [0.25, 0.3) is 10.2 Å². The second-order valence-corrected chi connectivity index (χ2v) is 6.31. The van der Waals surface area contributed by atoms with Crippen molar-refractivity contribution >= 4 is 50.6 Å². The molecule has 0 spiro atoms. The summed E-state index contributed by atoms with van der Waals surface area (Å²) < 4.78 is 2.55. The lowest BCUT2D eigenvalue weighted by Crippen LogP contribution is -2.19. The van der Waals surface area contributed by atoms with Crippen LogP contribution >= 0.6 is 22.9 Å². The number of carbonyl (C=O) groups excluding carboxylic acids is 1. The summed E-state index contributed by atoms with van der Waals surface area (Å²) in [6.45, 7) is 2.55. The fourth-order valence-corrected chi connectivity index (χ4v) is 3.49. The van der Waals surface area contributed by atoms with Crippen molar-refractivity contribution in [1.29, 1.82) is 0 Å². The van der Waals surface area contributed by atoms with Crippen LogP contribution in [-0.2, 0) is 6.54 Å². The molecule has 23 heavy (non-hydrogen) atoms. The molecule has 0 saturated carbocycles. The maximum atomic E-state index is 12.0. The highest BCUT2D eigenvalue weighted by atomic mass is 35.5. The smallest absolute Gasteiger partial charge is 0.308 e. The zero-order chi connectivity index (χ0) is 16.4. The number of hydrogen-bond donors (Lipinski definition) is 2. The molecular weight excluding hydrogens is 334 g/mol. The van der Waals surface area contributed by atoms with Crippen LogP contribution in [0.2, 0.25) is 5.02 Å². The lowest BCUT2D eigenvalue weighted by molar-refractivity contribution is 0.262. The average molecular weight is 348 g/mol. The van der Waals surface area contributed by atoms with E-state index in [1.54, 1.807) is 41.0 Å². The van der Waals surface area contributed by atoms with Gasteiger partial charge in [0.25, 0.3) is 0 Å². The standard InChI is InChI=1S/C16H14ClN3O2S/c1-2-20-13-7-6-12(9-14(13)23-16(20)22)19-15(21)18-11-5-3-4-10(17)8-11/h3-9H,2H2,1H3,(H2,18,19,21). The molecule has 0 saturated heterocycles. The summed E-state index contributed by atoms with van der Waals surface area (Å²) in [5.41, 5.74) is 2.11. The van der Waals surface area contributed by atoms with Gasteiger partial charge in [0, 0.05) is 22.9 Å². The number of urea groups is 1. The first-order valence-electron chi connectivity index (χ1n) is 7.04. The van der Waals surface area contributed by atoms with Gasteiger partial charge in [0.1, 0.15) is 0 Å². The van der Waals surface area contributed by atoms with E-state index in [1.165, 1.54) is 11.3 Å². The molecule has 0 aliphatic heterocycles. The number of thiazole rings is 1. The number of aromatic nitrogens is 1. The van der Waals surface area contributed by atoms with Crippen LogP contribution in [0.5, 0.6) is 0 Å². The highest BCUT2D eigenvalue weighted by Gasteiger charge is 2.08. The van der Waals surface area contributed by atoms with Gasteiger partial charge < -0.3 is 10.6 Å². The Morgan fingerprint density at radius 3 is 2.61 bits per heavy atom. The third kappa shape index (κ3) is 3.38. The summed E-state index contributed by atoms with van der Waals surface area (Å²) in [7, 11) is 0. The number of hydrogen-bond acceptors (Lipinski definition) is 3. The zero-order valence-corrected chi connectivity index (χ0v) is 13.9. The lowest BCUT2D eigenvalue weighted by atomic mass is 10.3. The number of anilines is 2. The van der Waals surface area contributed by atoms with Crippen LogP contribution < -0.4 is 15.5 Å². The summed E-state index contributed by atoms with van der Waals surface area (Å²) in [4.78, 5) is 23.9. The third-order valence-electron chi connectivity index (χ3n) is 3.32. The molecule has 5 nitrogen and oxygen atoms in total. The number of carbonyl (C=O) groups is 1. The predicted octanol–water partition coefficient (Wildman–Crippen LogP) is 4.38. The van der Waals surface area contributed by atoms with Crippen molar-refractivity contribution < 1.29 is 4.79 Å². The lowest BCUT2D eigenvalue weighted by Gasteiger charge is -2.08. The summed E-state index contributed by atoms with van der Waals surface area (Å²) in [6, 6.07) is 12.0. The Morgan fingerprint density at radius 1 is 1.17 bits per heavy atom. The van der Waals surface area contributed by atoms with Crippen LogP contribution in [0.3, 0.4) is 0 Å². The average Bonchev–Trinajstić information content (AvgIpc) is 2.81. The van der Waals surface area contributed by atoms with Crippen molar-refractivity contribution in [1.82, 2.24) is 4.57 Å². The predicted molar refractivity (Wildman–Crippen MR) is 95.9 cm³/mol. The van der Waals surface area contributed by atoms with E-state index in [0.717, 1.165) is 10.2 Å². The van der Waals surface area contributed by atoms with Crippen LogP contribution in [0.15, 0.2) is 47.3 Å². The van der Waals surface area contributed by atoms with Gasteiger partial charge in [-0.15, -0.1) is 0 Å². The van der Waals surface area contributed by atoms with Gasteiger partial charge in [-0.3, -0.25) is 9.36 Å². The molecule has 0 bridgehead atoms. The SMILES string of the molecule is CCn1c(=O)sc2cc(NC(=O)Nc3cccc(Cl)c3)ccc21. The first-order chi connectivity index (χ1) is 11.1. The number of nitrogens with zero attached hydrogens (tertiary/aromatic N) is 1. The van der Waals surface area contributed by atoms with Crippen molar-refractivity contribution in [3.05, 3.63) is 57.2 Å². The van der Waals surface area contributed by atoms with E-state index in [4.69, 9.17) is 11.6 Å². The Balaban J connectivity index is 1.78. The van der Waals surface area contributed by atoms with E-state index in [2.05, 4.69) is 10.6 Å². The minimum absolute atomic E-state index is 0.00280. The summed E-state index contributed by atoms with van der Waals surface area (Å²) in [6.07, 6.45) is 0. The minimum atomic E-state index is -0.367. The number of aryl methyl sites for hydroxylation is 1. The molecule has 0 atom stereocenters. The van der Waals surface area contributed by atoms with Gasteiger partial charge in [0.2, 0.25) is 0 Å². The van der Waals surface area contributed by atoms with Crippen LogP contribution in [0.4, 0.5) is 16.2 Å². The van der Waals surface area contributed by atoms with Gasteiger partial charge in [0.15, 0.2) is 0 Å². The fraction of sp³-hybridized carbons (Fsp3) is 0.125. The summed E-state index contributed by atoms with van der Waals surface area (Å²) in [5, 5.41) is 6.01. The number of benzene rings is 2. The normalized spacial score (nSPS) is 10.7. The number of nitrogens with one attached hydrogen (secondary N) is 2. The van der Waals surface area contributed by atoms with Crippen molar-refractivity contribution in [2.75, 3.05) is 10.6 Å². The Kier molecular flexibility index (Phi) is 4.36. The van der Waals surface area contributed by atoms with E-state index in [1.807, 2.05) is 13.0 Å². The second-order valence-electron chi connectivity index (χ2n) is 4.88. The Hall–Kier alpha value is -2.31. The minimum Gasteiger partial charge on any atom is -0.308 e. The van der Waals surface area contributed by atoms with Gasteiger partial charge in [-0.2, -0.15) is 0 Å². The van der Waals surface area contributed by atoms with Crippen LogP contribution in [0.1, 0.15) is 6.92 Å². The monoisotopic (exact) mass is 347 g/mol. The van der Waals surface area contributed by atoms with Crippen LogP contribution in [0, 0.1) is 0 Å². The van der Waals surface area contributed by atoms with Gasteiger partial charge in [-0.05, 0) is 43.3 Å². The van der Waals surface area contributed by atoms with Crippen molar-refractivity contribution in [3.63, 3.8) is 0 Å². The quantitative estimate of drug-likeness (QED) is 0.738. The Bertz CT molecular complexity index is 932. The first kappa shape index (κ1) is 15.6. The van der Waals surface area contributed by atoms with Gasteiger partial charge in [-0.25, -0.2) is 4.79 Å². The number of amides is 2. The van der Waals surface area contributed by atoms with Crippen LogP contribution in [-0.4, -0.2) is 10.6 Å². The molecule has 2 amide bonds. The molecule has 1 heterocycles. The Morgan fingerprint density at radius 2 is 1.91 bits per heavy atom. The van der Waals surface area contributed by atoms with Gasteiger partial charge in [0.05, 0.1) is 10.2 Å². The molecule has 2 aromatic carbocycles. The van der Waals surface area contributed by atoms with E-state index >= 15 is 0 Å². The highest BCUT2D eigenvalue weighted by Crippen LogP contribution is 2.22. The number of fused-ring (bicyclic) bond motifs is 1. The van der Waals surface area contributed by atoms with Crippen molar-refractivity contribution in [2.24, 2.45) is 0 Å². The van der Waals surface area contributed by atoms with E-state index in [0.29, 0.717) is 22.9 Å². The maximum Gasteiger partial charge on any atom is 0.323 e. The van der Waals surface area contributed by atoms with Gasteiger partial charge >= 0.3 is 10.9 Å². The molecule has 3 rings (SSSR count). The highest BCUT2D eigenvalue weighted by molar-refractivity contribution is 7.16. The van der Waals surface area contributed by atoms with Crippen molar-refractivity contribution in [2.45, 2.75) is 13.5 Å². The summed E-state index contributed by atoms with van der Waals surface area (Å²) >= 11 is 7.05. The molecule has 0 unspecified atom stereocenters. The van der Waals surface area contributed by atoms with E-state index in [-0.39, 0.29) is 10.9 Å². The Labute approximate surface area is 141 Å². The summed E-state index contributed by atoms with van der Waals surface area (Å²) in [5.74, 6) is 0. The molecule has 0 aliphatic carbocycles. The van der Waals surface area contributed by atoms with E-state index < -0.39 is 0 Å².